The van der Waals surface area contributed by atoms with E-state index in [-0.39, 0.29) is 28.4 Å². The molecule has 1 aliphatic heterocycles. The highest BCUT2D eigenvalue weighted by molar-refractivity contribution is 6.05. The summed E-state index contributed by atoms with van der Waals surface area (Å²) in [4.78, 5) is 38.7. The summed E-state index contributed by atoms with van der Waals surface area (Å²) in [5.74, 6) is -0.490. The molecule has 0 atom stereocenters. The zero-order valence-electron chi connectivity index (χ0n) is 17.8. The fourth-order valence-electron chi connectivity index (χ4n) is 3.29. The average Bonchev–Trinajstić information content (AvgIpc) is 2.83. The van der Waals surface area contributed by atoms with E-state index in [1.807, 2.05) is 0 Å². The van der Waals surface area contributed by atoms with Gasteiger partial charge < -0.3 is 25.0 Å². The lowest BCUT2D eigenvalue weighted by atomic mass is 10.1. The summed E-state index contributed by atoms with van der Waals surface area (Å²) in [6.45, 7) is 2.13. The Hall–Kier alpha value is -3.92. The lowest BCUT2D eigenvalue weighted by Gasteiger charge is -2.28. The average molecular weight is 440 g/mol. The summed E-state index contributed by atoms with van der Waals surface area (Å²) in [7, 11) is 2.78. The molecule has 0 radical (unpaired) electrons. The third-order valence-corrected chi connectivity index (χ3v) is 4.95. The zero-order valence-corrected chi connectivity index (χ0v) is 17.8. The summed E-state index contributed by atoms with van der Waals surface area (Å²) in [5.41, 5.74) is 0.0890. The molecule has 1 heterocycles. The molecular formula is C22H24N4O6. The van der Waals surface area contributed by atoms with E-state index in [1.54, 1.807) is 35.2 Å². The van der Waals surface area contributed by atoms with E-state index in [0.29, 0.717) is 31.7 Å². The first kappa shape index (κ1) is 22.8. The van der Waals surface area contributed by atoms with Crippen LogP contribution < -0.4 is 20.1 Å². The van der Waals surface area contributed by atoms with Crippen LogP contribution in [0, 0.1) is 10.1 Å². The fourth-order valence-corrected chi connectivity index (χ4v) is 3.29. The molecule has 3 rings (SSSR count). The predicted molar refractivity (Wildman–Crippen MR) is 118 cm³/mol. The molecule has 0 aromatic heterocycles. The number of nitro groups is 1. The first-order valence-corrected chi connectivity index (χ1v) is 9.93. The number of methoxy groups -OCH3 is 2. The Bertz CT molecular complexity index is 1030. The van der Waals surface area contributed by atoms with Crippen LogP contribution in [0.1, 0.15) is 15.9 Å². The van der Waals surface area contributed by atoms with Crippen LogP contribution in [0.15, 0.2) is 48.2 Å². The van der Waals surface area contributed by atoms with Gasteiger partial charge in [-0.3, -0.25) is 19.7 Å². The summed E-state index contributed by atoms with van der Waals surface area (Å²) in [5, 5.41) is 17.5. The zero-order chi connectivity index (χ0) is 23.1. The highest BCUT2D eigenvalue weighted by atomic mass is 16.6. The molecule has 10 nitrogen and oxygen atoms in total. The van der Waals surface area contributed by atoms with Crippen LogP contribution in [0.5, 0.6) is 11.5 Å². The molecular weight excluding hydrogens is 416 g/mol. The van der Waals surface area contributed by atoms with Gasteiger partial charge in [0.25, 0.3) is 17.5 Å². The quantitative estimate of drug-likeness (QED) is 0.382. The second-order valence-corrected chi connectivity index (χ2v) is 6.94. The van der Waals surface area contributed by atoms with E-state index in [2.05, 4.69) is 10.6 Å². The molecule has 1 fully saturated rings. The number of carbonyl (C=O) groups is 2. The lowest BCUT2D eigenvalue weighted by Crippen LogP contribution is -2.48. The van der Waals surface area contributed by atoms with Gasteiger partial charge in [0.2, 0.25) is 0 Å². The van der Waals surface area contributed by atoms with E-state index in [0.717, 1.165) is 0 Å². The number of hydrogen-bond donors (Lipinski definition) is 2. The van der Waals surface area contributed by atoms with Gasteiger partial charge in [-0.05, 0) is 24.3 Å². The maximum atomic E-state index is 13.2. The number of nitrogens with zero attached hydrogens (tertiary/aromatic N) is 2. The van der Waals surface area contributed by atoms with Crippen LogP contribution in [0.4, 0.5) is 5.69 Å². The standard InChI is InChI=1S/C22H24N4O6/c1-31-19-13-16(18(26(29)30)14-20(19)32-2)12-17(22(28)25-10-8-23-9-11-25)24-21(27)15-6-4-3-5-7-15/h3-7,12-14,23H,8-11H2,1-2H3,(H,24,27). The van der Waals surface area contributed by atoms with Crippen molar-refractivity contribution in [2.45, 2.75) is 0 Å². The van der Waals surface area contributed by atoms with Crippen LogP contribution >= 0.6 is 0 Å². The Kier molecular flexibility index (Phi) is 7.40. The molecule has 2 aromatic carbocycles. The maximum absolute atomic E-state index is 13.2. The van der Waals surface area contributed by atoms with E-state index in [1.165, 1.54) is 32.4 Å². The van der Waals surface area contributed by atoms with Gasteiger partial charge in [-0.1, -0.05) is 18.2 Å². The number of rotatable bonds is 7. The van der Waals surface area contributed by atoms with Crippen LogP contribution in [0.3, 0.4) is 0 Å². The molecule has 0 spiro atoms. The smallest absolute Gasteiger partial charge is 0.280 e. The lowest BCUT2D eigenvalue weighted by molar-refractivity contribution is -0.385. The Balaban J connectivity index is 2.06. The molecule has 10 heteroatoms. The normalized spacial score (nSPS) is 13.9. The van der Waals surface area contributed by atoms with Gasteiger partial charge in [-0.2, -0.15) is 0 Å². The van der Waals surface area contributed by atoms with Crippen molar-refractivity contribution < 1.29 is 24.0 Å². The van der Waals surface area contributed by atoms with Crippen molar-refractivity contribution in [3.63, 3.8) is 0 Å². The molecule has 0 saturated carbocycles. The van der Waals surface area contributed by atoms with Gasteiger partial charge in [0.1, 0.15) is 5.70 Å². The number of nitrogens with one attached hydrogen (secondary N) is 2. The Labute approximate surface area is 185 Å². The number of ether oxygens (including phenoxy) is 2. The number of amides is 2. The molecule has 2 amide bonds. The Morgan fingerprint density at radius 3 is 2.31 bits per heavy atom. The molecule has 0 aliphatic carbocycles. The maximum Gasteiger partial charge on any atom is 0.280 e. The van der Waals surface area contributed by atoms with Crippen molar-refractivity contribution in [2.24, 2.45) is 0 Å². The van der Waals surface area contributed by atoms with Crippen molar-refractivity contribution in [1.29, 1.82) is 0 Å². The SMILES string of the molecule is COc1cc(C=C(NC(=O)c2ccccc2)C(=O)N2CCNCC2)c([N+](=O)[O-])cc1OC. The second kappa shape index (κ2) is 10.4. The largest absolute Gasteiger partial charge is 0.493 e. The monoisotopic (exact) mass is 440 g/mol. The number of piperazine rings is 1. The second-order valence-electron chi connectivity index (χ2n) is 6.94. The van der Waals surface area contributed by atoms with E-state index in [9.17, 15) is 19.7 Å². The van der Waals surface area contributed by atoms with Crippen LogP contribution in [0.25, 0.3) is 6.08 Å². The molecule has 32 heavy (non-hydrogen) atoms. The third-order valence-electron chi connectivity index (χ3n) is 4.95. The number of benzene rings is 2. The minimum Gasteiger partial charge on any atom is -0.493 e. The minimum absolute atomic E-state index is 0.0731. The van der Waals surface area contributed by atoms with Crippen molar-refractivity contribution in [3.8, 4) is 11.5 Å². The number of nitro benzene ring substituents is 1. The minimum atomic E-state index is -0.584. The van der Waals surface area contributed by atoms with Gasteiger partial charge in [0, 0.05) is 31.7 Å². The molecule has 1 aliphatic rings. The molecule has 168 valence electrons. The van der Waals surface area contributed by atoms with Crippen LogP contribution in [-0.2, 0) is 4.79 Å². The molecule has 1 saturated heterocycles. The first-order chi connectivity index (χ1) is 15.4. The van der Waals surface area contributed by atoms with Gasteiger partial charge in [0.05, 0.1) is 30.8 Å². The van der Waals surface area contributed by atoms with Crippen LogP contribution in [0.2, 0.25) is 0 Å². The van der Waals surface area contributed by atoms with Gasteiger partial charge in [-0.15, -0.1) is 0 Å². The third kappa shape index (κ3) is 5.22. The van der Waals surface area contributed by atoms with Crippen LogP contribution in [-0.4, -0.2) is 62.0 Å². The van der Waals surface area contributed by atoms with Gasteiger partial charge >= 0.3 is 0 Å². The summed E-state index contributed by atoms with van der Waals surface area (Å²) >= 11 is 0. The summed E-state index contributed by atoms with van der Waals surface area (Å²) < 4.78 is 10.4. The van der Waals surface area contributed by atoms with Gasteiger partial charge in [-0.25, -0.2) is 0 Å². The molecule has 0 unspecified atom stereocenters. The van der Waals surface area contributed by atoms with Crippen molar-refractivity contribution >= 4 is 23.6 Å². The van der Waals surface area contributed by atoms with Gasteiger partial charge in [0.15, 0.2) is 11.5 Å². The Morgan fingerprint density at radius 1 is 1.09 bits per heavy atom. The van der Waals surface area contributed by atoms with E-state index >= 15 is 0 Å². The van der Waals surface area contributed by atoms with Crippen molar-refractivity contribution in [3.05, 3.63) is 69.4 Å². The summed E-state index contributed by atoms with van der Waals surface area (Å²) in [6.07, 6.45) is 1.30. The fraction of sp³-hybridized carbons (Fsp3) is 0.273. The first-order valence-electron chi connectivity index (χ1n) is 9.93. The van der Waals surface area contributed by atoms with E-state index in [4.69, 9.17) is 9.47 Å². The molecule has 0 bridgehead atoms. The Morgan fingerprint density at radius 2 is 1.72 bits per heavy atom. The summed E-state index contributed by atoms with van der Waals surface area (Å²) in [6, 6.07) is 11.0. The number of carbonyl (C=O) groups excluding carboxylic acids is 2. The predicted octanol–water partition coefficient (Wildman–Crippen LogP) is 1.81. The highest BCUT2D eigenvalue weighted by Gasteiger charge is 2.25. The molecule has 2 aromatic rings. The molecule has 2 N–H and O–H groups in total. The van der Waals surface area contributed by atoms with Crippen molar-refractivity contribution in [2.75, 3.05) is 40.4 Å². The van der Waals surface area contributed by atoms with E-state index < -0.39 is 16.7 Å². The topological polar surface area (TPSA) is 123 Å². The highest BCUT2D eigenvalue weighted by Crippen LogP contribution is 2.35. The number of hydrogen-bond acceptors (Lipinski definition) is 7. The van der Waals surface area contributed by atoms with Crippen molar-refractivity contribution in [1.82, 2.24) is 15.5 Å².